The van der Waals surface area contributed by atoms with Crippen LogP contribution in [-0.4, -0.2) is 11.0 Å². The van der Waals surface area contributed by atoms with Crippen LogP contribution in [0.2, 0.25) is 0 Å². The maximum atomic E-state index is 6.32. The number of hydrogen-bond donors (Lipinski definition) is 1. The Morgan fingerprint density at radius 1 is 1.53 bits per heavy atom. The van der Waals surface area contributed by atoms with E-state index in [1.807, 2.05) is 6.92 Å². The first-order chi connectivity index (χ1) is 7.10. The van der Waals surface area contributed by atoms with E-state index in [2.05, 4.69) is 17.3 Å². The summed E-state index contributed by atoms with van der Waals surface area (Å²) in [6, 6.07) is 0.283. The fourth-order valence-corrected chi connectivity index (χ4v) is 3.32. The molecule has 1 aliphatic carbocycles. The number of aryl methyl sites for hydroxylation is 1. The molecule has 2 N–H and O–H groups in total. The molecule has 0 spiro atoms. The molecule has 1 unspecified atom stereocenters. The van der Waals surface area contributed by atoms with E-state index in [1.165, 1.54) is 30.7 Å². The Labute approximate surface area is 95.9 Å². The lowest BCUT2D eigenvalue weighted by molar-refractivity contribution is 0.260. The van der Waals surface area contributed by atoms with Crippen LogP contribution in [0.1, 0.15) is 43.3 Å². The van der Waals surface area contributed by atoms with Crippen molar-refractivity contribution in [2.45, 2.75) is 52.0 Å². The van der Waals surface area contributed by atoms with Gasteiger partial charge in [0.05, 0.1) is 5.01 Å². The van der Waals surface area contributed by atoms with Crippen molar-refractivity contribution in [3.63, 3.8) is 0 Å². The lowest BCUT2D eigenvalue weighted by Gasteiger charge is -2.30. The molecule has 0 radical (unpaired) electrons. The molecule has 84 valence electrons. The minimum absolute atomic E-state index is 0.283. The van der Waals surface area contributed by atoms with Gasteiger partial charge in [-0.3, -0.25) is 0 Å². The van der Waals surface area contributed by atoms with E-state index in [4.69, 9.17) is 5.73 Å². The monoisotopic (exact) mass is 224 g/mol. The zero-order valence-electron chi connectivity index (χ0n) is 9.62. The molecular weight excluding hydrogens is 204 g/mol. The Morgan fingerprint density at radius 3 is 2.73 bits per heavy atom. The average molecular weight is 224 g/mol. The third kappa shape index (κ3) is 2.40. The van der Waals surface area contributed by atoms with Crippen LogP contribution in [0.4, 0.5) is 0 Å². The summed E-state index contributed by atoms with van der Waals surface area (Å²) in [7, 11) is 0. The molecule has 0 aliphatic heterocycles. The molecule has 3 heteroatoms. The second-order valence-electron chi connectivity index (χ2n) is 5.05. The molecule has 1 saturated carbocycles. The number of thiazole rings is 1. The van der Waals surface area contributed by atoms with Crippen molar-refractivity contribution in [2.24, 2.45) is 11.1 Å². The number of hydrogen-bond acceptors (Lipinski definition) is 3. The van der Waals surface area contributed by atoms with Gasteiger partial charge in [-0.2, -0.15) is 0 Å². The van der Waals surface area contributed by atoms with Crippen molar-refractivity contribution in [3.05, 3.63) is 16.1 Å². The highest BCUT2D eigenvalue weighted by Crippen LogP contribution is 2.40. The number of nitrogens with two attached hydrogens (primary N) is 1. The minimum atomic E-state index is 0.283. The van der Waals surface area contributed by atoms with Gasteiger partial charge in [0.1, 0.15) is 0 Å². The Balaban J connectivity index is 1.99. The first-order valence-corrected chi connectivity index (χ1v) is 6.65. The number of nitrogens with zero attached hydrogens (tertiary/aromatic N) is 1. The van der Waals surface area contributed by atoms with Gasteiger partial charge < -0.3 is 5.73 Å². The Bertz CT molecular complexity index is 326. The molecule has 1 aromatic heterocycles. The summed E-state index contributed by atoms with van der Waals surface area (Å²) >= 11 is 1.74. The Hall–Kier alpha value is -0.410. The van der Waals surface area contributed by atoms with E-state index in [1.54, 1.807) is 11.3 Å². The van der Waals surface area contributed by atoms with Crippen molar-refractivity contribution in [3.8, 4) is 0 Å². The summed E-state index contributed by atoms with van der Waals surface area (Å²) in [5.74, 6) is 0. The van der Waals surface area contributed by atoms with Gasteiger partial charge in [0, 0.05) is 23.5 Å². The van der Waals surface area contributed by atoms with Crippen LogP contribution in [0.5, 0.6) is 0 Å². The summed E-state index contributed by atoms with van der Waals surface area (Å²) in [5, 5.41) is 3.31. The van der Waals surface area contributed by atoms with Crippen LogP contribution in [0.15, 0.2) is 5.38 Å². The lowest BCUT2D eigenvalue weighted by atomic mass is 9.80. The fourth-order valence-electron chi connectivity index (χ4n) is 2.48. The average Bonchev–Trinajstić information content (AvgIpc) is 2.76. The van der Waals surface area contributed by atoms with Crippen molar-refractivity contribution in [1.82, 2.24) is 4.98 Å². The van der Waals surface area contributed by atoms with E-state index in [-0.39, 0.29) is 6.04 Å². The highest BCUT2D eigenvalue weighted by molar-refractivity contribution is 7.09. The Morgan fingerprint density at radius 2 is 2.20 bits per heavy atom. The van der Waals surface area contributed by atoms with Gasteiger partial charge in [-0.25, -0.2) is 4.98 Å². The summed E-state index contributed by atoms with van der Waals surface area (Å²) in [6.07, 6.45) is 6.23. The maximum Gasteiger partial charge on any atom is 0.0943 e. The standard InChI is InChI=1S/C12H20N2S/c1-9-8-15-11(14-9)7-10(13)12(2)5-3-4-6-12/h8,10H,3-7,13H2,1-2H3. The lowest BCUT2D eigenvalue weighted by Crippen LogP contribution is -2.39. The third-order valence-electron chi connectivity index (χ3n) is 3.70. The van der Waals surface area contributed by atoms with Gasteiger partial charge >= 0.3 is 0 Å². The van der Waals surface area contributed by atoms with E-state index in [0.717, 1.165) is 12.1 Å². The summed E-state index contributed by atoms with van der Waals surface area (Å²) in [5.41, 5.74) is 7.81. The van der Waals surface area contributed by atoms with Crippen molar-refractivity contribution in [1.29, 1.82) is 0 Å². The smallest absolute Gasteiger partial charge is 0.0943 e. The van der Waals surface area contributed by atoms with E-state index in [9.17, 15) is 0 Å². The summed E-state index contributed by atoms with van der Waals surface area (Å²) in [4.78, 5) is 4.49. The van der Waals surface area contributed by atoms with Crippen molar-refractivity contribution >= 4 is 11.3 Å². The molecule has 0 bridgehead atoms. The number of rotatable bonds is 3. The molecule has 0 saturated heterocycles. The van der Waals surface area contributed by atoms with Crippen molar-refractivity contribution < 1.29 is 0 Å². The molecule has 0 amide bonds. The summed E-state index contributed by atoms with van der Waals surface area (Å²) < 4.78 is 0. The molecule has 2 rings (SSSR count). The van der Waals surface area contributed by atoms with Gasteiger partial charge in [0.2, 0.25) is 0 Å². The molecule has 1 heterocycles. The Kier molecular flexibility index (Phi) is 3.12. The minimum Gasteiger partial charge on any atom is -0.327 e. The van der Waals surface area contributed by atoms with Crippen LogP contribution >= 0.6 is 11.3 Å². The second-order valence-corrected chi connectivity index (χ2v) is 6.00. The fraction of sp³-hybridized carbons (Fsp3) is 0.750. The van der Waals surface area contributed by atoms with Crippen LogP contribution < -0.4 is 5.73 Å². The normalized spacial score (nSPS) is 21.8. The van der Waals surface area contributed by atoms with E-state index >= 15 is 0 Å². The quantitative estimate of drug-likeness (QED) is 0.857. The molecule has 1 aromatic rings. The summed E-state index contributed by atoms with van der Waals surface area (Å²) in [6.45, 7) is 4.38. The molecule has 1 aliphatic rings. The first kappa shape index (κ1) is 11.1. The molecule has 2 nitrogen and oxygen atoms in total. The largest absolute Gasteiger partial charge is 0.327 e. The van der Waals surface area contributed by atoms with Gasteiger partial charge in [0.25, 0.3) is 0 Å². The predicted molar refractivity (Wildman–Crippen MR) is 65.1 cm³/mol. The van der Waals surface area contributed by atoms with E-state index in [0.29, 0.717) is 5.41 Å². The molecule has 1 atom stereocenters. The molecule has 0 aromatic carbocycles. The number of aromatic nitrogens is 1. The van der Waals surface area contributed by atoms with E-state index < -0.39 is 0 Å². The highest BCUT2D eigenvalue weighted by atomic mass is 32.1. The van der Waals surface area contributed by atoms with Gasteiger partial charge in [0.15, 0.2) is 0 Å². The van der Waals surface area contributed by atoms with Crippen molar-refractivity contribution in [2.75, 3.05) is 0 Å². The SMILES string of the molecule is Cc1csc(CC(N)C2(C)CCCC2)n1. The zero-order chi connectivity index (χ0) is 10.9. The highest BCUT2D eigenvalue weighted by Gasteiger charge is 2.35. The van der Waals surface area contributed by atoms with Gasteiger partial charge in [-0.05, 0) is 25.2 Å². The van der Waals surface area contributed by atoms with Crippen LogP contribution in [0, 0.1) is 12.3 Å². The third-order valence-corrected chi connectivity index (χ3v) is 4.69. The molecule has 1 fully saturated rings. The topological polar surface area (TPSA) is 38.9 Å². The molecule has 15 heavy (non-hydrogen) atoms. The molecular formula is C12H20N2S. The van der Waals surface area contributed by atoms with Gasteiger partial charge in [-0.1, -0.05) is 19.8 Å². The van der Waals surface area contributed by atoms with Gasteiger partial charge in [-0.15, -0.1) is 11.3 Å². The van der Waals surface area contributed by atoms with Crippen LogP contribution in [-0.2, 0) is 6.42 Å². The second kappa shape index (κ2) is 4.22. The van der Waals surface area contributed by atoms with Crippen LogP contribution in [0.3, 0.4) is 0 Å². The maximum absolute atomic E-state index is 6.32. The predicted octanol–water partition coefficient (Wildman–Crippen LogP) is 2.90. The van der Waals surface area contributed by atoms with Crippen LogP contribution in [0.25, 0.3) is 0 Å². The first-order valence-electron chi connectivity index (χ1n) is 5.77. The zero-order valence-corrected chi connectivity index (χ0v) is 10.4.